The van der Waals surface area contributed by atoms with Gasteiger partial charge >= 0.3 is 7.12 Å². The number of benzene rings is 6. The average molecular weight is 1600 g/mol. The van der Waals surface area contributed by atoms with E-state index in [9.17, 15) is 29.6 Å². The smallest absolute Gasteiger partial charge is 0.507 e. The summed E-state index contributed by atoms with van der Waals surface area (Å²) in [7, 11) is -7.35. The van der Waals surface area contributed by atoms with Crippen LogP contribution in [0.5, 0.6) is 28.7 Å². The molecule has 0 atom stereocenters. The largest absolute Gasteiger partial charge is 0.514 e. The van der Waals surface area contributed by atoms with E-state index in [4.69, 9.17) is 58.7 Å². The molecule has 6 aromatic carbocycles. The number of hydrogen-bond acceptors (Lipinski definition) is 19. The van der Waals surface area contributed by atoms with Crippen LogP contribution in [0.15, 0.2) is 192 Å². The van der Waals surface area contributed by atoms with Crippen LogP contribution < -0.4 is 28.0 Å². The number of hydrogen-bond donors (Lipinski definition) is 1. The number of fused-ring (bicyclic) bond motifs is 3. The summed E-state index contributed by atoms with van der Waals surface area (Å²) in [4.78, 5) is 12.9. The number of rotatable bonds is 9. The van der Waals surface area contributed by atoms with Gasteiger partial charge in [-0.25, -0.2) is 57.5 Å². The van der Waals surface area contributed by atoms with Crippen molar-refractivity contribution in [3.05, 3.63) is 215 Å². The van der Waals surface area contributed by atoms with Gasteiger partial charge in [-0.1, -0.05) is 34.8 Å². The summed E-state index contributed by atoms with van der Waals surface area (Å²) in [5.41, 5.74) is 3.83. The second-order valence-electron chi connectivity index (χ2n) is 22.1. The number of ether oxygens (including phenoxy) is 2. The lowest BCUT2D eigenvalue weighted by Crippen LogP contribution is -2.41. The van der Waals surface area contributed by atoms with Gasteiger partial charge in [0.15, 0.2) is 15.4 Å². The minimum Gasteiger partial charge on any atom is -0.507 e. The van der Waals surface area contributed by atoms with Gasteiger partial charge in [0.05, 0.1) is 65.8 Å². The molecular formula is C62H53BBr2Cl3FN10O11S6. The molecule has 1 saturated heterocycles. The Bertz CT molecular complexity index is 5010. The summed E-state index contributed by atoms with van der Waals surface area (Å²) in [6.45, 7) is 8.78. The van der Waals surface area contributed by atoms with Crippen molar-refractivity contribution < 1.29 is 53.5 Å². The molecule has 0 radical (unpaired) electrons. The molecule has 0 saturated carbocycles. The number of anilines is 3. The second-order valence-corrected chi connectivity index (χ2v) is 33.2. The van der Waals surface area contributed by atoms with E-state index < -0.39 is 35.9 Å². The first kappa shape index (κ1) is 70.3. The lowest BCUT2D eigenvalue weighted by molar-refractivity contribution is 0.00578. The Morgan fingerprint density at radius 2 is 0.958 bits per heavy atom. The molecule has 4 aliphatic rings. The number of phenols is 1. The van der Waals surface area contributed by atoms with E-state index >= 15 is 0 Å². The van der Waals surface area contributed by atoms with E-state index in [1.54, 1.807) is 135 Å². The maximum Gasteiger partial charge on any atom is 0.514 e. The molecular weight excluding hydrogens is 1550 g/mol. The summed E-state index contributed by atoms with van der Waals surface area (Å²) >= 11 is 28.0. The predicted octanol–water partition coefficient (Wildman–Crippen LogP) is 15.3. The number of aromatic nitrogens is 7. The van der Waals surface area contributed by atoms with Gasteiger partial charge in [-0.15, -0.1) is 34.0 Å². The van der Waals surface area contributed by atoms with Crippen LogP contribution in [0.2, 0.25) is 15.1 Å². The van der Waals surface area contributed by atoms with Crippen LogP contribution in [0.3, 0.4) is 0 Å². The molecule has 5 aromatic heterocycles. The number of aromatic hydroxyl groups is 1. The van der Waals surface area contributed by atoms with Crippen molar-refractivity contribution in [1.29, 1.82) is 0 Å². The number of sulfonamides is 3. The third kappa shape index (κ3) is 15.0. The van der Waals surface area contributed by atoms with Gasteiger partial charge in [0.1, 0.15) is 34.6 Å². The maximum atomic E-state index is 13.1. The van der Waals surface area contributed by atoms with E-state index in [2.05, 4.69) is 57.0 Å². The molecule has 0 bridgehead atoms. The number of nitrogens with zero attached hydrogens (tertiary/aromatic N) is 10. The molecule has 4 aliphatic heterocycles. The summed E-state index contributed by atoms with van der Waals surface area (Å²) in [5, 5.41) is 25.6. The molecule has 498 valence electrons. The van der Waals surface area contributed by atoms with Crippen molar-refractivity contribution in [3.63, 3.8) is 0 Å². The van der Waals surface area contributed by atoms with Gasteiger partial charge in [-0.3, -0.25) is 9.36 Å². The summed E-state index contributed by atoms with van der Waals surface area (Å²) in [5.74, 6) is 2.07. The molecule has 0 amide bonds. The highest BCUT2D eigenvalue weighted by atomic mass is 79.9. The third-order valence-electron chi connectivity index (χ3n) is 15.3. The Labute approximate surface area is 596 Å². The van der Waals surface area contributed by atoms with E-state index in [1.807, 2.05) is 60.0 Å². The number of phenolic OH excluding ortho intramolecular Hbond substituents is 1. The zero-order valence-corrected chi connectivity index (χ0v) is 61.4. The van der Waals surface area contributed by atoms with Crippen molar-refractivity contribution in [3.8, 4) is 40.0 Å². The number of thiazole rings is 3. The lowest BCUT2D eigenvalue weighted by Gasteiger charge is -2.32. The van der Waals surface area contributed by atoms with Gasteiger partial charge in [0.25, 0.3) is 30.1 Å². The molecule has 9 heterocycles. The monoisotopic (exact) mass is 1600 g/mol. The van der Waals surface area contributed by atoms with Crippen molar-refractivity contribution in [2.45, 2.75) is 73.2 Å². The maximum absolute atomic E-state index is 13.1. The highest BCUT2D eigenvalue weighted by Gasteiger charge is 2.52. The van der Waals surface area contributed by atoms with Crippen LogP contribution in [0.1, 0.15) is 44.4 Å². The molecule has 0 unspecified atom stereocenters. The van der Waals surface area contributed by atoms with Crippen LogP contribution in [0.4, 0.5) is 19.8 Å². The first-order chi connectivity index (χ1) is 45.5. The lowest BCUT2D eigenvalue weighted by atomic mass is 9.85. The van der Waals surface area contributed by atoms with Crippen LogP contribution in [0.25, 0.3) is 11.3 Å². The number of aryl methyl sites for hydroxylation is 2. The summed E-state index contributed by atoms with van der Waals surface area (Å²) in [6, 6.07) is 32.8. The van der Waals surface area contributed by atoms with Gasteiger partial charge in [0.2, 0.25) is 0 Å². The Morgan fingerprint density at radius 1 is 0.531 bits per heavy atom. The van der Waals surface area contributed by atoms with Crippen molar-refractivity contribution in [2.24, 2.45) is 14.1 Å². The van der Waals surface area contributed by atoms with Crippen molar-refractivity contribution >= 4 is 159 Å². The van der Waals surface area contributed by atoms with Gasteiger partial charge < -0.3 is 23.9 Å². The van der Waals surface area contributed by atoms with E-state index in [1.165, 1.54) is 65.1 Å². The fraction of sp³-hybridized carbons (Fsp3) is 0.177. The molecule has 34 heteroatoms. The molecule has 0 aliphatic carbocycles. The van der Waals surface area contributed by atoms with Crippen LogP contribution in [-0.2, 0) is 73.1 Å². The summed E-state index contributed by atoms with van der Waals surface area (Å²) < 4.78 is 121. The first-order valence-electron chi connectivity index (χ1n) is 28.4. The molecule has 0 spiro atoms. The number of halogens is 6. The Morgan fingerprint density at radius 3 is 1.39 bits per heavy atom. The van der Waals surface area contributed by atoms with Crippen molar-refractivity contribution in [2.75, 3.05) is 12.9 Å². The molecule has 1 N–H and O–H groups in total. The highest BCUT2D eigenvalue weighted by molar-refractivity contribution is 9.11. The molecule has 96 heavy (non-hydrogen) atoms. The fourth-order valence-electron chi connectivity index (χ4n) is 9.82. The zero-order valence-electron chi connectivity index (χ0n) is 51.1. The minimum absolute atomic E-state index is 0.142. The first-order valence-corrected chi connectivity index (χ1v) is 38.1. The van der Waals surface area contributed by atoms with Crippen LogP contribution >= 0.6 is 101 Å². The van der Waals surface area contributed by atoms with E-state index in [0.717, 1.165) is 27.4 Å². The Hall–Kier alpha value is -6.98. The SMILES string of the molecule is Cn1nccc1-c1cc(Cl)ccc1Oc1ccc2c(c1)CN(c1nccs1)S2(=O)=O.Cn1nccc1B1OC(C)(C)C(C)(C)O1.O=S1(=O)c2ccc(F)cc2CN1c1nccs1.O=S1(=O)c2ccc(Oc3ccc(Cl)cc3Br)cc2CN1c1nccs1.Oc1ccc(Cl)cc1Br. The molecule has 21 nitrogen and oxygen atoms in total. The third-order valence-corrected chi connectivity index (χ3v) is 25.5. The quantitative estimate of drug-likeness (QED) is 0.132. The van der Waals surface area contributed by atoms with E-state index in [0.29, 0.717) is 74.6 Å². The standard InChI is InChI=1S/C20H15ClN4O3S2.C16H10BrClN2O3S2.C10H17BN2O2.C10H7FN2O2S2.C6H4BrClO/c1-24-17(6-7-23-24)16-11-14(21)2-4-18(16)28-15-3-5-19-13(10-15)12-25(30(19,26)27)20-22-8-9-29-20;17-13-8-11(18)1-3-14(13)23-12-2-4-15-10(7-12)9-20(25(15,21)22)16-19-5-6-24-16;1-9(2)10(3,4)15-11(14-9)8-6-7-12-13(8)5;11-8-1-2-9-7(5-8)6-13(17(9,14)15)10-12-3-4-16-10;7-5-3-4(8)1-2-6(5)9/h2-11H,12H2,1H3;1-8H,9H2;6-7H,1-5H3;1-5H,6H2;1-3,9H. The second kappa shape index (κ2) is 28.5. The van der Waals surface area contributed by atoms with Crippen molar-refractivity contribution in [1.82, 2.24) is 34.5 Å². The highest BCUT2D eigenvalue weighted by Crippen LogP contribution is 2.43. The van der Waals surface area contributed by atoms with Crippen LogP contribution in [-0.4, -0.2) is 83.2 Å². The van der Waals surface area contributed by atoms with Gasteiger partial charge in [-0.05, 0) is 198 Å². The zero-order chi connectivity index (χ0) is 68.6. The topological polar surface area (TPSA) is 244 Å². The predicted molar refractivity (Wildman–Crippen MR) is 378 cm³/mol. The fourth-order valence-corrected chi connectivity index (χ4v) is 18.8. The molecule has 1 fully saturated rings. The van der Waals surface area contributed by atoms with Gasteiger partial charge in [-0.2, -0.15) is 10.2 Å². The molecule has 15 rings (SSSR count). The Kier molecular flexibility index (Phi) is 20.9. The molecule has 11 aromatic rings. The van der Waals surface area contributed by atoms with Crippen LogP contribution in [0, 0.1) is 5.82 Å². The Balaban J connectivity index is 0.000000128. The van der Waals surface area contributed by atoms with Gasteiger partial charge in [0, 0.05) is 81.9 Å². The minimum atomic E-state index is -3.62. The van der Waals surface area contributed by atoms with E-state index in [-0.39, 0.29) is 58.4 Å². The normalized spacial score (nSPS) is 16.1. The average Bonchev–Trinajstić information content (AvgIpc) is 1.63. The summed E-state index contributed by atoms with van der Waals surface area (Å²) in [6.07, 6.45) is 8.17.